The molecule has 0 saturated carbocycles. The van der Waals surface area contributed by atoms with Gasteiger partial charge in [-0.3, -0.25) is 9.59 Å². The van der Waals surface area contributed by atoms with Crippen molar-refractivity contribution in [3.05, 3.63) is 53.6 Å². The average Bonchev–Trinajstić information content (AvgIpc) is 2.77. The molecule has 3 rings (SSSR count). The number of rotatable bonds is 7. The highest BCUT2D eigenvalue weighted by Gasteiger charge is 2.29. The van der Waals surface area contributed by atoms with Crippen LogP contribution in [0.3, 0.4) is 0 Å². The Morgan fingerprint density at radius 3 is 2.25 bits per heavy atom. The molecule has 0 bridgehead atoms. The van der Waals surface area contributed by atoms with Gasteiger partial charge >= 0.3 is 5.97 Å². The molecule has 0 aliphatic carbocycles. The summed E-state index contributed by atoms with van der Waals surface area (Å²) in [7, 11) is 0. The third-order valence-corrected chi connectivity index (χ3v) is 4.99. The monoisotopic (exact) mass is 440 g/mol. The smallest absolute Gasteiger partial charge is 0.329 e. The van der Waals surface area contributed by atoms with E-state index in [0.717, 1.165) is 5.56 Å². The van der Waals surface area contributed by atoms with Crippen molar-refractivity contribution in [1.82, 2.24) is 5.32 Å². The molecule has 1 heterocycles. The zero-order valence-electron chi connectivity index (χ0n) is 18.6. The van der Waals surface area contributed by atoms with Crippen molar-refractivity contribution in [3.8, 4) is 11.5 Å². The Kier molecular flexibility index (Phi) is 7.35. The van der Waals surface area contributed by atoms with Gasteiger partial charge in [-0.1, -0.05) is 31.5 Å². The first-order valence-electron chi connectivity index (χ1n) is 10.5. The van der Waals surface area contributed by atoms with Gasteiger partial charge in [-0.05, 0) is 44.0 Å². The quantitative estimate of drug-likeness (QED) is 0.642. The van der Waals surface area contributed by atoms with Gasteiger partial charge in [0.2, 0.25) is 0 Å². The second kappa shape index (κ2) is 10.2. The van der Waals surface area contributed by atoms with Gasteiger partial charge in [0.15, 0.2) is 17.6 Å². The lowest BCUT2D eigenvalue weighted by Gasteiger charge is -2.23. The molecule has 2 aromatic rings. The van der Waals surface area contributed by atoms with E-state index < -0.39 is 24.0 Å². The zero-order chi connectivity index (χ0) is 23.3. The SMILES string of the molecule is Cc1ccc(C(=O)NC(C(=O)OC(C)C(=O)Nc2ccc3c(c2)OCCO3)C(C)C)cc1. The maximum atomic E-state index is 12.7. The Morgan fingerprint density at radius 2 is 1.59 bits per heavy atom. The fourth-order valence-corrected chi connectivity index (χ4v) is 3.09. The van der Waals surface area contributed by atoms with E-state index in [1.54, 1.807) is 44.2 Å². The lowest BCUT2D eigenvalue weighted by Crippen LogP contribution is -2.47. The standard InChI is InChI=1S/C24H28N2O6/c1-14(2)21(26-23(28)17-7-5-15(3)6-8-17)24(29)32-16(4)22(27)25-18-9-10-19-20(13-18)31-12-11-30-19/h5-10,13-14,16,21H,11-12H2,1-4H3,(H,25,27)(H,26,28). The highest BCUT2D eigenvalue weighted by atomic mass is 16.6. The van der Waals surface area contributed by atoms with E-state index in [1.807, 2.05) is 19.1 Å². The first-order valence-corrected chi connectivity index (χ1v) is 10.5. The van der Waals surface area contributed by atoms with Crippen LogP contribution in [0.1, 0.15) is 36.7 Å². The molecule has 0 saturated heterocycles. The fraction of sp³-hybridized carbons (Fsp3) is 0.375. The van der Waals surface area contributed by atoms with E-state index in [-0.39, 0.29) is 11.8 Å². The van der Waals surface area contributed by atoms with E-state index in [0.29, 0.717) is 36.0 Å². The number of nitrogens with one attached hydrogen (secondary N) is 2. The molecule has 1 aliphatic heterocycles. The third kappa shape index (κ3) is 5.78. The number of benzene rings is 2. The van der Waals surface area contributed by atoms with Gasteiger partial charge in [0.25, 0.3) is 11.8 Å². The van der Waals surface area contributed by atoms with Crippen molar-refractivity contribution < 1.29 is 28.6 Å². The van der Waals surface area contributed by atoms with Crippen molar-refractivity contribution in [2.75, 3.05) is 18.5 Å². The van der Waals surface area contributed by atoms with Crippen LogP contribution in [0.4, 0.5) is 5.69 Å². The second-order valence-electron chi connectivity index (χ2n) is 7.99. The molecule has 2 atom stereocenters. The zero-order valence-corrected chi connectivity index (χ0v) is 18.6. The largest absolute Gasteiger partial charge is 0.486 e. The Hall–Kier alpha value is -3.55. The molecule has 8 heteroatoms. The molecule has 0 radical (unpaired) electrons. The molecule has 2 amide bonds. The topological polar surface area (TPSA) is 103 Å². The van der Waals surface area contributed by atoms with Crippen LogP contribution in [0.5, 0.6) is 11.5 Å². The van der Waals surface area contributed by atoms with E-state index in [2.05, 4.69) is 10.6 Å². The van der Waals surface area contributed by atoms with Gasteiger partial charge in [0, 0.05) is 17.3 Å². The Bertz CT molecular complexity index is 986. The number of hydrogen-bond acceptors (Lipinski definition) is 6. The van der Waals surface area contributed by atoms with Crippen LogP contribution in [-0.2, 0) is 14.3 Å². The first-order chi connectivity index (χ1) is 15.2. The summed E-state index contributed by atoms with van der Waals surface area (Å²) in [6.07, 6.45) is -1.06. The minimum Gasteiger partial charge on any atom is -0.486 e. The number of fused-ring (bicyclic) bond motifs is 1. The van der Waals surface area contributed by atoms with Crippen molar-refractivity contribution in [2.45, 2.75) is 39.8 Å². The van der Waals surface area contributed by atoms with Gasteiger partial charge < -0.3 is 24.8 Å². The number of amides is 2. The van der Waals surface area contributed by atoms with Crippen LogP contribution in [-0.4, -0.2) is 43.1 Å². The maximum absolute atomic E-state index is 12.7. The number of ether oxygens (including phenoxy) is 3. The number of esters is 1. The Labute approximate surface area is 187 Å². The van der Waals surface area contributed by atoms with Crippen LogP contribution in [0.15, 0.2) is 42.5 Å². The Morgan fingerprint density at radius 1 is 0.938 bits per heavy atom. The number of hydrogen-bond donors (Lipinski definition) is 2. The van der Waals surface area contributed by atoms with Crippen molar-refractivity contribution in [3.63, 3.8) is 0 Å². The predicted octanol–water partition coefficient (Wildman–Crippen LogP) is 3.09. The van der Waals surface area contributed by atoms with Crippen LogP contribution in [0.25, 0.3) is 0 Å². The molecule has 170 valence electrons. The molecule has 8 nitrogen and oxygen atoms in total. The molecule has 0 aromatic heterocycles. The summed E-state index contributed by atoms with van der Waals surface area (Å²) in [5.41, 5.74) is 1.97. The van der Waals surface area contributed by atoms with Crippen molar-refractivity contribution in [2.24, 2.45) is 5.92 Å². The number of carbonyl (C=O) groups excluding carboxylic acids is 3. The predicted molar refractivity (Wildman–Crippen MR) is 119 cm³/mol. The number of anilines is 1. The van der Waals surface area contributed by atoms with Crippen LogP contribution in [0.2, 0.25) is 0 Å². The normalized spacial score (nSPS) is 14.3. The van der Waals surface area contributed by atoms with E-state index in [9.17, 15) is 14.4 Å². The molecule has 0 spiro atoms. The first kappa shape index (κ1) is 23.1. The maximum Gasteiger partial charge on any atom is 0.329 e. The summed E-state index contributed by atoms with van der Waals surface area (Å²) in [6.45, 7) is 7.90. The molecule has 2 unspecified atom stereocenters. The molecule has 2 aromatic carbocycles. The van der Waals surface area contributed by atoms with Crippen molar-refractivity contribution in [1.29, 1.82) is 0 Å². The summed E-state index contributed by atoms with van der Waals surface area (Å²) < 4.78 is 16.3. The third-order valence-electron chi connectivity index (χ3n) is 4.99. The van der Waals surface area contributed by atoms with Gasteiger partial charge in [-0.25, -0.2) is 4.79 Å². The molecular formula is C24H28N2O6. The second-order valence-corrected chi connectivity index (χ2v) is 7.99. The molecule has 1 aliphatic rings. The van der Waals surface area contributed by atoms with E-state index >= 15 is 0 Å². The minimum absolute atomic E-state index is 0.232. The lowest BCUT2D eigenvalue weighted by molar-refractivity contribution is -0.156. The van der Waals surface area contributed by atoms with Crippen molar-refractivity contribution >= 4 is 23.5 Å². The van der Waals surface area contributed by atoms with Crippen LogP contribution in [0, 0.1) is 12.8 Å². The number of aryl methyl sites for hydroxylation is 1. The van der Waals surface area contributed by atoms with Crippen LogP contribution >= 0.6 is 0 Å². The summed E-state index contributed by atoms with van der Waals surface area (Å²) >= 11 is 0. The summed E-state index contributed by atoms with van der Waals surface area (Å²) in [6, 6.07) is 11.2. The highest BCUT2D eigenvalue weighted by molar-refractivity contribution is 5.98. The van der Waals surface area contributed by atoms with Crippen LogP contribution < -0.4 is 20.1 Å². The van der Waals surface area contributed by atoms with Gasteiger partial charge in [-0.2, -0.15) is 0 Å². The molecule has 0 fully saturated rings. The van der Waals surface area contributed by atoms with E-state index in [4.69, 9.17) is 14.2 Å². The number of carbonyl (C=O) groups is 3. The average molecular weight is 440 g/mol. The van der Waals surface area contributed by atoms with E-state index in [1.165, 1.54) is 6.92 Å². The molecular weight excluding hydrogens is 412 g/mol. The molecule has 2 N–H and O–H groups in total. The Balaban J connectivity index is 1.59. The molecule has 32 heavy (non-hydrogen) atoms. The van der Waals surface area contributed by atoms with Gasteiger partial charge in [-0.15, -0.1) is 0 Å². The summed E-state index contributed by atoms with van der Waals surface area (Å²) in [5.74, 6) is -0.637. The highest BCUT2D eigenvalue weighted by Crippen LogP contribution is 2.32. The minimum atomic E-state index is -1.06. The van der Waals surface area contributed by atoms with Gasteiger partial charge in [0.05, 0.1) is 0 Å². The summed E-state index contributed by atoms with van der Waals surface area (Å²) in [4.78, 5) is 37.8. The lowest BCUT2D eigenvalue weighted by atomic mass is 10.0. The van der Waals surface area contributed by atoms with Gasteiger partial charge in [0.1, 0.15) is 19.3 Å². The summed E-state index contributed by atoms with van der Waals surface area (Å²) in [5, 5.41) is 5.40. The fourth-order valence-electron chi connectivity index (χ4n) is 3.09.